The molecule has 0 radical (unpaired) electrons. The Kier molecular flexibility index (Phi) is 6.76. The summed E-state index contributed by atoms with van der Waals surface area (Å²) in [6.45, 7) is 6.57. The Morgan fingerprint density at radius 1 is 0.929 bits per heavy atom. The maximum Gasteiger partial charge on any atom is 0.251 e. The first-order valence-corrected chi connectivity index (χ1v) is 8.85. The molecule has 0 aliphatic rings. The molecule has 0 saturated carbocycles. The van der Waals surface area contributed by atoms with Crippen LogP contribution in [0.3, 0.4) is 0 Å². The van der Waals surface area contributed by atoms with Crippen LogP contribution in [-0.2, 0) is 9.59 Å². The molecule has 7 heteroatoms. The molecule has 2 aromatic carbocycles. The summed E-state index contributed by atoms with van der Waals surface area (Å²) in [6, 6.07) is 10.2. The lowest BCUT2D eigenvalue weighted by Gasteiger charge is -2.19. The van der Waals surface area contributed by atoms with Crippen LogP contribution in [-0.4, -0.2) is 24.8 Å². The van der Waals surface area contributed by atoms with Crippen LogP contribution in [0.4, 0.5) is 11.4 Å². The van der Waals surface area contributed by atoms with Gasteiger partial charge in [-0.05, 0) is 38.1 Å². The molecule has 0 fully saturated rings. The number of aryl methyl sites for hydroxylation is 1. The average molecular weight is 383 g/mol. The third-order valence-corrected chi connectivity index (χ3v) is 4.04. The van der Waals surface area contributed by atoms with E-state index in [2.05, 4.69) is 16.0 Å². The molecule has 148 valence electrons. The Morgan fingerprint density at radius 3 is 2.00 bits per heavy atom. The zero-order valence-electron chi connectivity index (χ0n) is 16.7. The van der Waals surface area contributed by atoms with Gasteiger partial charge in [0.25, 0.3) is 5.91 Å². The molecule has 0 heterocycles. The van der Waals surface area contributed by atoms with E-state index in [0.29, 0.717) is 22.7 Å². The van der Waals surface area contributed by atoms with Crippen LogP contribution in [0.2, 0.25) is 0 Å². The second kappa shape index (κ2) is 9.03. The fourth-order valence-electron chi connectivity index (χ4n) is 2.86. The number of rotatable bonds is 6. The molecule has 0 bridgehead atoms. The highest BCUT2D eigenvalue weighted by molar-refractivity contribution is 6.00. The van der Waals surface area contributed by atoms with Crippen LogP contribution >= 0.6 is 0 Å². The van der Waals surface area contributed by atoms with E-state index >= 15 is 0 Å². The Morgan fingerprint density at radius 2 is 1.50 bits per heavy atom. The molecule has 1 unspecified atom stereocenters. The van der Waals surface area contributed by atoms with Gasteiger partial charge < -0.3 is 20.7 Å². The SMILES string of the molecule is COc1ccc(C)cc1C(C)NC(=O)c1cc(NC(C)=O)cc(NC(C)=O)c1. The summed E-state index contributed by atoms with van der Waals surface area (Å²) in [7, 11) is 1.58. The van der Waals surface area contributed by atoms with Gasteiger partial charge in [-0.15, -0.1) is 0 Å². The molecule has 0 aromatic heterocycles. The van der Waals surface area contributed by atoms with Gasteiger partial charge in [0.2, 0.25) is 11.8 Å². The van der Waals surface area contributed by atoms with E-state index in [4.69, 9.17) is 4.74 Å². The Balaban J connectivity index is 2.30. The third kappa shape index (κ3) is 5.57. The first-order valence-electron chi connectivity index (χ1n) is 8.85. The summed E-state index contributed by atoms with van der Waals surface area (Å²) in [5.41, 5.74) is 3.07. The van der Waals surface area contributed by atoms with E-state index in [1.807, 2.05) is 32.0 Å². The van der Waals surface area contributed by atoms with Gasteiger partial charge in [0, 0.05) is 36.3 Å². The Bertz CT molecular complexity index is 874. The number of ether oxygens (including phenoxy) is 1. The normalized spacial score (nSPS) is 11.3. The van der Waals surface area contributed by atoms with Crippen molar-refractivity contribution >= 4 is 29.1 Å². The molecule has 1 atom stereocenters. The topological polar surface area (TPSA) is 96.5 Å². The average Bonchev–Trinajstić information content (AvgIpc) is 2.60. The smallest absolute Gasteiger partial charge is 0.251 e. The maximum atomic E-state index is 12.8. The number of carbonyl (C=O) groups excluding carboxylic acids is 3. The molecule has 0 saturated heterocycles. The van der Waals surface area contributed by atoms with E-state index in [9.17, 15) is 14.4 Å². The summed E-state index contributed by atoms with van der Waals surface area (Å²) in [4.78, 5) is 35.6. The molecular weight excluding hydrogens is 358 g/mol. The van der Waals surface area contributed by atoms with Crippen molar-refractivity contribution < 1.29 is 19.1 Å². The minimum absolute atomic E-state index is 0.274. The lowest BCUT2D eigenvalue weighted by molar-refractivity contribution is -0.115. The Labute approximate surface area is 164 Å². The van der Waals surface area contributed by atoms with Crippen LogP contribution < -0.4 is 20.7 Å². The number of hydrogen-bond donors (Lipinski definition) is 3. The van der Waals surface area contributed by atoms with Crippen LogP contribution in [0, 0.1) is 6.92 Å². The summed E-state index contributed by atoms with van der Waals surface area (Å²) in [5.74, 6) is -0.201. The van der Waals surface area contributed by atoms with Crippen LogP contribution in [0.1, 0.15) is 48.3 Å². The predicted octanol–water partition coefficient (Wildman–Crippen LogP) is 3.41. The highest BCUT2D eigenvalue weighted by Crippen LogP contribution is 2.27. The number of hydrogen-bond acceptors (Lipinski definition) is 4. The van der Waals surface area contributed by atoms with Crippen LogP contribution in [0.15, 0.2) is 36.4 Å². The van der Waals surface area contributed by atoms with E-state index < -0.39 is 0 Å². The molecule has 3 amide bonds. The molecule has 0 aliphatic carbocycles. The molecule has 7 nitrogen and oxygen atoms in total. The first kappa shape index (κ1) is 21.0. The maximum absolute atomic E-state index is 12.8. The minimum atomic E-state index is -0.338. The Hall–Kier alpha value is -3.35. The van der Waals surface area contributed by atoms with E-state index in [1.165, 1.54) is 13.8 Å². The van der Waals surface area contributed by atoms with Crippen molar-refractivity contribution in [1.29, 1.82) is 0 Å². The van der Waals surface area contributed by atoms with Gasteiger partial charge in [0.1, 0.15) is 5.75 Å². The number of benzene rings is 2. The number of anilines is 2. The van der Waals surface area contributed by atoms with Crippen LogP contribution in [0.5, 0.6) is 5.75 Å². The quantitative estimate of drug-likeness (QED) is 0.712. The van der Waals surface area contributed by atoms with Crippen molar-refractivity contribution in [2.45, 2.75) is 33.7 Å². The number of nitrogens with one attached hydrogen (secondary N) is 3. The second-order valence-corrected chi connectivity index (χ2v) is 6.60. The second-order valence-electron chi connectivity index (χ2n) is 6.60. The molecule has 3 N–H and O–H groups in total. The van der Waals surface area contributed by atoms with Gasteiger partial charge in [-0.1, -0.05) is 17.7 Å². The van der Waals surface area contributed by atoms with Crippen molar-refractivity contribution in [3.63, 3.8) is 0 Å². The van der Waals surface area contributed by atoms with Gasteiger partial charge in [-0.2, -0.15) is 0 Å². The van der Waals surface area contributed by atoms with Gasteiger partial charge in [-0.25, -0.2) is 0 Å². The highest BCUT2D eigenvalue weighted by atomic mass is 16.5. The van der Waals surface area contributed by atoms with E-state index in [1.54, 1.807) is 25.3 Å². The molecule has 0 aliphatic heterocycles. The first-order chi connectivity index (χ1) is 13.2. The van der Waals surface area contributed by atoms with Crippen molar-refractivity contribution in [3.8, 4) is 5.75 Å². The van der Waals surface area contributed by atoms with E-state index in [0.717, 1.165) is 11.1 Å². The fourth-order valence-corrected chi connectivity index (χ4v) is 2.86. The summed E-state index contributed by atoms with van der Waals surface area (Å²) >= 11 is 0. The number of carbonyl (C=O) groups is 3. The lowest BCUT2D eigenvalue weighted by atomic mass is 10.0. The van der Waals surface area contributed by atoms with Crippen molar-refractivity contribution in [2.75, 3.05) is 17.7 Å². The minimum Gasteiger partial charge on any atom is -0.496 e. The summed E-state index contributed by atoms with van der Waals surface area (Å²) < 4.78 is 5.39. The van der Waals surface area contributed by atoms with Gasteiger partial charge in [-0.3, -0.25) is 14.4 Å². The number of methoxy groups -OCH3 is 1. The predicted molar refractivity (Wildman–Crippen MR) is 109 cm³/mol. The summed E-state index contributed by atoms with van der Waals surface area (Å²) in [5, 5.41) is 8.20. The lowest BCUT2D eigenvalue weighted by Crippen LogP contribution is -2.27. The zero-order valence-corrected chi connectivity index (χ0v) is 16.7. The third-order valence-electron chi connectivity index (χ3n) is 4.04. The zero-order chi connectivity index (χ0) is 20.8. The van der Waals surface area contributed by atoms with E-state index in [-0.39, 0.29) is 23.8 Å². The number of amides is 3. The monoisotopic (exact) mass is 383 g/mol. The fraction of sp³-hybridized carbons (Fsp3) is 0.286. The molecule has 2 rings (SSSR count). The standard InChI is InChI=1S/C21H25N3O4/c1-12-6-7-20(28-5)19(8-12)13(2)22-21(27)16-9-17(23-14(3)25)11-18(10-16)24-15(4)26/h6-11,13H,1-5H3,(H,22,27)(H,23,25)(H,24,26). The molecule has 0 spiro atoms. The largest absolute Gasteiger partial charge is 0.496 e. The molecule has 28 heavy (non-hydrogen) atoms. The van der Waals surface area contributed by atoms with Crippen molar-refractivity contribution in [3.05, 3.63) is 53.1 Å². The molecular formula is C21H25N3O4. The van der Waals surface area contributed by atoms with Crippen LogP contribution in [0.25, 0.3) is 0 Å². The van der Waals surface area contributed by atoms with Gasteiger partial charge >= 0.3 is 0 Å². The van der Waals surface area contributed by atoms with Crippen molar-refractivity contribution in [2.24, 2.45) is 0 Å². The van der Waals surface area contributed by atoms with Crippen molar-refractivity contribution in [1.82, 2.24) is 5.32 Å². The van der Waals surface area contributed by atoms with Gasteiger partial charge in [0.15, 0.2) is 0 Å². The highest BCUT2D eigenvalue weighted by Gasteiger charge is 2.17. The molecule has 2 aromatic rings. The summed E-state index contributed by atoms with van der Waals surface area (Å²) in [6.07, 6.45) is 0. The van der Waals surface area contributed by atoms with Gasteiger partial charge in [0.05, 0.1) is 13.2 Å².